The van der Waals surface area contributed by atoms with E-state index in [-0.39, 0.29) is 11.1 Å². The van der Waals surface area contributed by atoms with Gasteiger partial charge in [-0.1, -0.05) is 18.2 Å². The van der Waals surface area contributed by atoms with Crippen molar-refractivity contribution in [3.63, 3.8) is 0 Å². The molecule has 0 unspecified atom stereocenters. The predicted octanol–water partition coefficient (Wildman–Crippen LogP) is 4.30. The van der Waals surface area contributed by atoms with E-state index in [9.17, 15) is 0 Å². The third kappa shape index (κ3) is 3.47. The van der Waals surface area contributed by atoms with Crippen LogP contribution in [0, 0.1) is 0 Å². The monoisotopic (exact) mass is 302 g/mol. The number of rotatable bonds is 3. The summed E-state index contributed by atoms with van der Waals surface area (Å²) in [4.78, 5) is 0. The number of fused-ring (bicyclic) bond motifs is 1. The van der Waals surface area contributed by atoms with Crippen molar-refractivity contribution in [3.05, 3.63) is 35.2 Å². The van der Waals surface area contributed by atoms with Crippen LogP contribution in [0.1, 0.15) is 46.1 Å². The Morgan fingerprint density at radius 1 is 1.14 bits per heavy atom. The number of nitrogens with one attached hydrogen (secondary N) is 2. The van der Waals surface area contributed by atoms with Gasteiger partial charge in [0.1, 0.15) is 0 Å². The summed E-state index contributed by atoms with van der Waals surface area (Å²) in [5, 5.41) is 11.2. The van der Waals surface area contributed by atoms with Gasteiger partial charge in [0.2, 0.25) is 0 Å². The maximum atomic E-state index is 3.79. The second-order valence-electron chi connectivity index (χ2n) is 7.64. The van der Waals surface area contributed by atoms with Crippen molar-refractivity contribution in [1.29, 1.82) is 0 Å². The lowest BCUT2D eigenvalue weighted by atomic mass is 9.79. The second-order valence-corrected chi connectivity index (χ2v) is 8.55. The molecule has 3 rings (SSSR count). The number of piperidine rings is 1. The van der Waals surface area contributed by atoms with Gasteiger partial charge in [0.05, 0.1) is 0 Å². The third-order valence-electron chi connectivity index (χ3n) is 4.33. The lowest BCUT2D eigenvalue weighted by Crippen LogP contribution is -2.61. The van der Waals surface area contributed by atoms with E-state index < -0.39 is 0 Å². The number of thiophene rings is 1. The molecular weight excluding hydrogens is 276 g/mol. The van der Waals surface area contributed by atoms with Crippen LogP contribution in [0.2, 0.25) is 0 Å². The van der Waals surface area contributed by atoms with Crippen molar-refractivity contribution >= 4 is 21.4 Å². The van der Waals surface area contributed by atoms with Gasteiger partial charge in [0, 0.05) is 28.4 Å². The van der Waals surface area contributed by atoms with Crippen LogP contribution in [-0.4, -0.2) is 17.1 Å². The largest absolute Gasteiger partial charge is 0.310 e. The molecule has 1 aromatic carbocycles. The van der Waals surface area contributed by atoms with Gasteiger partial charge >= 0.3 is 0 Å². The Morgan fingerprint density at radius 2 is 1.81 bits per heavy atom. The Balaban J connectivity index is 1.70. The van der Waals surface area contributed by atoms with Gasteiger partial charge in [0.15, 0.2) is 0 Å². The first-order valence-electron chi connectivity index (χ1n) is 7.83. The van der Waals surface area contributed by atoms with Crippen LogP contribution in [0.4, 0.5) is 0 Å². The van der Waals surface area contributed by atoms with Crippen LogP contribution in [-0.2, 0) is 6.54 Å². The highest BCUT2D eigenvalue weighted by atomic mass is 32.1. The molecule has 21 heavy (non-hydrogen) atoms. The first-order valence-corrected chi connectivity index (χ1v) is 8.70. The summed E-state index contributed by atoms with van der Waals surface area (Å²) in [5.74, 6) is 0. The summed E-state index contributed by atoms with van der Waals surface area (Å²) in [6.45, 7) is 10.2. The molecule has 0 bridgehead atoms. The van der Waals surface area contributed by atoms with Crippen LogP contribution in [0.3, 0.4) is 0 Å². The average molecular weight is 302 g/mol. The summed E-state index contributed by atoms with van der Waals surface area (Å²) >= 11 is 1.85. The fraction of sp³-hybridized carbons (Fsp3) is 0.556. The number of benzene rings is 1. The van der Waals surface area contributed by atoms with E-state index >= 15 is 0 Å². The van der Waals surface area contributed by atoms with E-state index in [4.69, 9.17) is 0 Å². The molecule has 2 N–H and O–H groups in total. The minimum Gasteiger partial charge on any atom is -0.310 e. The Morgan fingerprint density at radius 3 is 2.52 bits per heavy atom. The molecule has 0 amide bonds. The smallest absolute Gasteiger partial charge is 0.0346 e. The molecular formula is C18H26N2S. The van der Waals surface area contributed by atoms with E-state index in [1.165, 1.54) is 28.5 Å². The number of hydrogen-bond donors (Lipinski definition) is 2. The van der Waals surface area contributed by atoms with Crippen molar-refractivity contribution < 1.29 is 0 Å². The van der Waals surface area contributed by atoms with Crippen molar-refractivity contribution in [2.45, 2.75) is 64.2 Å². The SMILES string of the molecule is CC1(C)CC(NCc2csc3ccccc23)CC(C)(C)N1. The van der Waals surface area contributed by atoms with E-state index in [2.05, 4.69) is 68.0 Å². The third-order valence-corrected chi connectivity index (χ3v) is 5.34. The van der Waals surface area contributed by atoms with Crippen LogP contribution >= 0.6 is 11.3 Å². The molecule has 1 aromatic heterocycles. The quantitative estimate of drug-likeness (QED) is 0.883. The first-order chi connectivity index (χ1) is 9.85. The molecule has 0 spiro atoms. The van der Waals surface area contributed by atoms with Gasteiger partial charge in [-0.25, -0.2) is 0 Å². The van der Waals surface area contributed by atoms with Crippen molar-refractivity contribution in [2.75, 3.05) is 0 Å². The Kier molecular flexibility index (Phi) is 3.85. The minimum absolute atomic E-state index is 0.204. The molecule has 0 radical (unpaired) electrons. The zero-order chi connectivity index (χ0) is 15.1. The molecule has 1 aliphatic heterocycles. The Labute approximate surface area is 131 Å². The molecule has 2 heterocycles. The molecule has 1 fully saturated rings. The molecule has 2 aromatic rings. The lowest BCUT2D eigenvalue weighted by Gasteiger charge is -2.46. The maximum Gasteiger partial charge on any atom is 0.0346 e. The van der Waals surface area contributed by atoms with Crippen LogP contribution in [0.15, 0.2) is 29.6 Å². The van der Waals surface area contributed by atoms with Gasteiger partial charge in [-0.3, -0.25) is 0 Å². The van der Waals surface area contributed by atoms with Crippen LogP contribution < -0.4 is 10.6 Å². The van der Waals surface area contributed by atoms with Gasteiger partial charge in [-0.2, -0.15) is 0 Å². The van der Waals surface area contributed by atoms with Gasteiger partial charge in [0.25, 0.3) is 0 Å². The molecule has 2 nitrogen and oxygen atoms in total. The normalized spacial score (nSPS) is 21.7. The molecule has 114 valence electrons. The summed E-state index contributed by atoms with van der Waals surface area (Å²) < 4.78 is 1.39. The molecule has 3 heteroatoms. The predicted molar refractivity (Wildman–Crippen MR) is 93.0 cm³/mol. The van der Waals surface area contributed by atoms with Gasteiger partial charge in [-0.05, 0) is 62.9 Å². The molecule has 0 saturated carbocycles. The lowest BCUT2D eigenvalue weighted by molar-refractivity contribution is 0.145. The Bertz CT molecular complexity index is 611. The highest BCUT2D eigenvalue weighted by molar-refractivity contribution is 7.17. The van der Waals surface area contributed by atoms with Crippen LogP contribution in [0.25, 0.3) is 10.1 Å². The summed E-state index contributed by atoms with van der Waals surface area (Å²) in [6, 6.07) is 9.28. The van der Waals surface area contributed by atoms with Crippen LogP contribution in [0.5, 0.6) is 0 Å². The molecule has 0 atom stereocenters. The fourth-order valence-electron chi connectivity index (χ4n) is 3.89. The number of hydrogen-bond acceptors (Lipinski definition) is 3. The standard InChI is InChI=1S/C18H26N2S/c1-17(2)9-14(10-18(3,4)20-17)19-11-13-12-21-16-8-6-5-7-15(13)16/h5-8,12,14,19-20H,9-11H2,1-4H3. The zero-order valence-electron chi connectivity index (χ0n) is 13.5. The molecule has 0 aliphatic carbocycles. The van der Waals surface area contributed by atoms with Gasteiger partial charge in [-0.15, -0.1) is 11.3 Å². The molecule has 1 aliphatic rings. The second kappa shape index (κ2) is 5.38. The van der Waals surface area contributed by atoms with E-state index in [0.29, 0.717) is 6.04 Å². The minimum atomic E-state index is 0.204. The first kappa shape index (κ1) is 15.0. The van der Waals surface area contributed by atoms with E-state index in [1.807, 2.05) is 11.3 Å². The van der Waals surface area contributed by atoms with Crippen molar-refractivity contribution in [1.82, 2.24) is 10.6 Å². The van der Waals surface area contributed by atoms with E-state index in [1.54, 1.807) is 0 Å². The maximum absolute atomic E-state index is 3.79. The van der Waals surface area contributed by atoms with Crippen molar-refractivity contribution in [2.24, 2.45) is 0 Å². The Hall–Kier alpha value is -0.900. The highest BCUT2D eigenvalue weighted by Gasteiger charge is 2.37. The van der Waals surface area contributed by atoms with Gasteiger partial charge < -0.3 is 10.6 Å². The fourth-order valence-corrected chi connectivity index (χ4v) is 4.85. The summed E-state index contributed by atoms with van der Waals surface area (Å²) in [6.07, 6.45) is 2.36. The summed E-state index contributed by atoms with van der Waals surface area (Å²) in [7, 11) is 0. The summed E-state index contributed by atoms with van der Waals surface area (Å²) in [5.41, 5.74) is 1.84. The van der Waals surface area contributed by atoms with Crippen molar-refractivity contribution in [3.8, 4) is 0 Å². The topological polar surface area (TPSA) is 24.1 Å². The molecule has 1 saturated heterocycles. The van der Waals surface area contributed by atoms with E-state index in [0.717, 1.165) is 6.54 Å². The average Bonchev–Trinajstić information content (AvgIpc) is 2.76. The zero-order valence-corrected chi connectivity index (χ0v) is 14.3. The highest BCUT2D eigenvalue weighted by Crippen LogP contribution is 2.30.